The maximum atomic E-state index is 6.00. The fourth-order valence-corrected chi connectivity index (χ4v) is 1.46. The molecule has 98 valence electrons. The quantitative estimate of drug-likeness (QED) is 0.652. The van der Waals surface area contributed by atoms with Crippen LogP contribution in [0.5, 0.6) is 0 Å². The maximum Gasteiger partial charge on any atom is 0.0629 e. The molecule has 1 N–H and O–H groups in total. The predicted octanol–water partition coefficient (Wildman–Crippen LogP) is 3.61. The smallest absolute Gasteiger partial charge is 0.0629 e. The Labute approximate surface area is 102 Å². The van der Waals surface area contributed by atoms with Crippen molar-refractivity contribution in [2.75, 3.05) is 13.2 Å². The van der Waals surface area contributed by atoms with Crippen molar-refractivity contribution >= 4 is 0 Å². The van der Waals surface area contributed by atoms with Gasteiger partial charge in [-0.05, 0) is 39.2 Å². The second-order valence-corrected chi connectivity index (χ2v) is 5.37. The fraction of sp³-hybridized carbons (Fsp3) is 1.00. The Morgan fingerprint density at radius 2 is 1.81 bits per heavy atom. The summed E-state index contributed by atoms with van der Waals surface area (Å²) in [5.41, 5.74) is 0.0135. The van der Waals surface area contributed by atoms with Crippen LogP contribution in [0.4, 0.5) is 0 Å². The Bertz CT molecular complexity index is 168. The SMILES string of the molecule is CCCNC(COC(C)(C)CC)C(C)CC. The van der Waals surface area contributed by atoms with Crippen LogP contribution < -0.4 is 5.32 Å². The molecule has 0 spiro atoms. The van der Waals surface area contributed by atoms with Gasteiger partial charge in [0.1, 0.15) is 0 Å². The Morgan fingerprint density at radius 1 is 1.19 bits per heavy atom. The van der Waals surface area contributed by atoms with Gasteiger partial charge in [-0.15, -0.1) is 0 Å². The average Bonchev–Trinajstić information content (AvgIpc) is 2.28. The molecule has 0 radical (unpaired) electrons. The fourth-order valence-electron chi connectivity index (χ4n) is 1.46. The van der Waals surface area contributed by atoms with Gasteiger partial charge in [-0.25, -0.2) is 0 Å². The molecule has 0 rings (SSSR count). The molecule has 0 aromatic rings. The molecule has 0 saturated carbocycles. The van der Waals surface area contributed by atoms with Crippen LogP contribution >= 0.6 is 0 Å². The molecule has 0 aliphatic heterocycles. The van der Waals surface area contributed by atoms with E-state index in [4.69, 9.17) is 4.74 Å². The van der Waals surface area contributed by atoms with E-state index in [0.717, 1.165) is 19.6 Å². The number of hydrogen-bond donors (Lipinski definition) is 1. The largest absolute Gasteiger partial charge is 0.374 e. The van der Waals surface area contributed by atoms with Crippen molar-refractivity contribution in [1.29, 1.82) is 0 Å². The molecule has 0 amide bonds. The molecule has 0 aliphatic carbocycles. The monoisotopic (exact) mass is 229 g/mol. The highest BCUT2D eigenvalue weighted by molar-refractivity contribution is 4.75. The minimum Gasteiger partial charge on any atom is -0.374 e. The number of hydrogen-bond acceptors (Lipinski definition) is 2. The molecular weight excluding hydrogens is 198 g/mol. The van der Waals surface area contributed by atoms with Crippen LogP contribution in [0.2, 0.25) is 0 Å². The summed E-state index contributed by atoms with van der Waals surface area (Å²) in [5.74, 6) is 0.680. The zero-order valence-corrected chi connectivity index (χ0v) is 12.1. The van der Waals surface area contributed by atoms with Crippen molar-refractivity contribution in [3.63, 3.8) is 0 Å². The van der Waals surface area contributed by atoms with E-state index in [0.29, 0.717) is 12.0 Å². The van der Waals surface area contributed by atoms with Crippen LogP contribution in [0.25, 0.3) is 0 Å². The van der Waals surface area contributed by atoms with Crippen LogP contribution in [0, 0.1) is 5.92 Å². The van der Waals surface area contributed by atoms with Gasteiger partial charge >= 0.3 is 0 Å². The molecule has 0 aromatic carbocycles. The van der Waals surface area contributed by atoms with Gasteiger partial charge in [0.2, 0.25) is 0 Å². The molecule has 2 heteroatoms. The van der Waals surface area contributed by atoms with E-state index in [1.165, 1.54) is 12.8 Å². The zero-order chi connectivity index (χ0) is 12.6. The summed E-state index contributed by atoms with van der Waals surface area (Å²) in [6.45, 7) is 15.2. The Morgan fingerprint density at radius 3 is 2.25 bits per heavy atom. The van der Waals surface area contributed by atoms with Crippen LogP contribution in [0.1, 0.15) is 60.8 Å². The van der Waals surface area contributed by atoms with Gasteiger partial charge in [0.15, 0.2) is 0 Å². The second kappa shape index (κ2) is 8.08. The molecule has 2 atom stereocenters. The van der Waals surface area contributed by atoms with E-state index in [2.05, 4.69) is 46.9 Å². The molecule has 16 heavy (non-hydrogen) atoms. The number of rotatable bonds is 9. The highest BCUT2D eigenvalue weighted by Crippen LogP contribution is 2.16. The summed E-state index contributed by atoms with van der Waals surface area (Å²) >= 11 is 0. The first-order valence-electron chi connectivity index (χ1n) is 6.84. The van der Waals surface area contributed by atoms with Gasteiger partial charge in [0, 0.05) is 6.04 Å². The third-order valence-corrected chi connectivity index (χ3v) is 3.49. The Hall–Kier alpha value is -0.0800. The highest BCUT2D eigenvalue weighted by Gasteiger charge is 2.21. The lowest BCUT2D eigenvalue weighted by molar-refractivity contribution is -0.0365. The topological polar surface area (TPSA) is 21.3 Å². The molecule has 0 saturated heterocycles. The van der Waals surface area contributed by atoms with Crippen molar-refractivity contribution in [1.82, 2.24) is 5.32 Å². The first-order valence-corrected chi connectivity index (χ1v) is 6.84. The van der Waals surface area contributed by atoms with E-state index in [9.17, 15) is 0 Å². The van der Waals surface area contributed by atoms with Crippen LogP contribution in [0.3, 0.4) is 0 Å². The predicted molar refractivity (Wildman–Crippen MR) is 71.9 cm³/mol. The lowest BCUT2D eigenvalue weighted by Gasteiger charge is -2.30. The van der Waals surface area contributed by atoms with E-state index in [1.807, 2.05) is 0 Å². The van der Waals surface area contributed by atoms with Gasteiger partial charge in [0.05, 0.1) is 12.2 Å². The summed E-state index contributed by atoms with van der Waals surface area (Å²) < 4.78 is 6.00. The molecule has 0 bridgehead atoms. The minimum absolute atomic E-state index is 0.0135. The third kappa shape index (κ3) is 6.49. The lowest BCUT2D eigenvalue weighted by atomic mass is 9.99. The summed E-state index contributed by atoms with van der Waals surface area (Å²) in [6, 6.07) is 0.496. The summed E-state index contributed by atoms with van der Waals surface area (Å²) in [5, 5.41) is 3.59. The number of ether oxygens (including phenoxy) is 1. The van der Waals surface area contributed by atoms with E-state index < -0.39 is 0 Å². The van der Waals surface area contributed by atoms with Crippen molar-refractivity contribution in [2.45, 2.75) is 72.4 Å². The van der Waals surface area contributed by atoms with E-state index in [1.54, 1.807) is 0 Å². The Kier molecular flexibility index (Phi) is 8.04. The van der Waals surface area contributed by atoms with Gasteiger partial charge in [-0.1, -0.05) is 34.1 Å². The van der Waals surface area contributed by atoms with Gasteiger partial charge < -0.3 is 10.1 Å². The van der Waals surface area contributed by atoms with Crippen molar-refractivity contribution in [3.8, 4) is 0 Å². The molecule has 2 nitrogen and oxygen atoms in total. The first-order chi connectivity index (χ1) is 7.46. The molecule has 0 aromatic heterocycles. The number of nitrogens with one attached hydrogen (secondary N) is 1. The molecular formula is C14H31NO. The van der Waals surface area contributed by atoms with E-state index >= 15 is 0 Å². The molecule has 2 unspecified atom stereocenters. The van der Waals surface area contributed by atoms with Gasteiger partial charge in [-0.3, -0.25) is 0 Å². The van der Waals surface area contributed by atoms with Crippen molar-refractivity contribution in [2.24, 2.45) is 5.92 Å². The highest BCUT2D eigenvalue weighted by atomic mass is 16.5. The molecule has 0 heterocycles. The van der Waals surface area contributed by atoms with Crippen molar-refractivity contribution in [3.05, 3.63) is 0 Å². The third-order valence-electron chi connectivity index (χ3n) is 3.49. The van der Waals surface area contributed by atoms with Crippen LogP contribution in [-0.4, -0.2) is 24.8 Å². The van der Waals surface area contributed by atoms with Crippen LogP contribution in [0.15, 0.2) is 0 Å². The normalized spacial score (nSPS) is 16.1. The summed E-state index contributed by atoms with van der Waals surface area (Å²) in [7, 11) is 0. The first kappa shape index (κ1) is 15.9. The lowest BCUT2D eigenvalue weighted by Crippen LogP contribution is -2.41. The summed E-state index contributed by atoms with van der Waals surface area (Å²) in [4.78, 5) is 0. The average molecular weight is 229 g/mol. The summed E-state index contributed by atoms with van der Waals surface area (Å²) in [6.07, 6.45) is 3.45. The van der Waals surface area contributed by atoms with Gasteiger partial charge in [-0.2, -0.15) is 0 Å². The maximum absolute atomic E-state index is 6.00. The van der Waals surface area contributed by atoms with Crippen LogP contribution in [-0.2, 0) is 4.74 Å². The van der Waals surface area contributed by atoms with Crippen molar-refractivity contribution < 1.29 is 4.74 Å². The second-order valence-electron chi connectivity index (χ2n) is 5.37. The van der Waals surface area contributed by atoms with E-state index in [-0.39, 0.29) is 5.60 Å². The molecule has 0 aliphatic rings. The molecule has 0 fully saturated rings. The standard InChI is InChI=1S/C14H31NO/c1-7-10-15-13(12(4)8-2)11-16-14(5,6)9-3/h12-13,15H,7-11H2,1-6H3. The van der Waals surface area contributed by atoms with Gasteiger partial charge in [0.25, 0.3) is 0 Å². The zero-order valence-electron chi connectivity index (χ0n) is 12.1. The Balaban J connectivity index is 4.10. The minimum atomic E-state index is 0.0135.